The average Bonchev–Trinajstić information content (AvgIpc) is 2.14. The van der Waals surface area contributed by atoms with Crippen LogP contribution in [0, 0.1) is 0 Å². The van der Waals surface area contributed by atoms with Gasteiger partial charge in [-0.1, -0.05) is 18.2 Å². The summed E-state index contributed by atoms with van der Waals surface area (Å²) >= 11 is 0. The minimum atomic E-state index is -4.51. The first-order valence-corrected chi connectivity index (χ1v) is 5.00. The summed E-state index contributed by atoms with van der Waals surface area (Å²) in [6, 6.07) is 6.14. The van der Waals surface area contributed by atoms with E-state index in [1.165, 1.54) is 6.07 Å². The molecule has 0 spiro atoms. The number of hydrogen-bond donors (Lipinski definition) is 2. The first-order valence-electron chi connectivity index (χ1n) is 5.00. The van der Waals surface area contributed by atoms with E-state index in [2.05, 4.69) is 5.32 Å². The van der Waals surface area contributed by atoms with Crippen LogP contribution in [-0.4, -0.2) is 12.1 Å². The van der Waals surface area contributed by atoms with Crippen molar-refractivity contribution in [1.82, 2.24) is 0 Å². The van der Waals surface area contributed by atoms with Crippen LogP contribution in [-0.2, 0) is 4.79 Å². The second-order valence-corrected chi connectivity index (χ2v) is 3.72. The molecule has 1 unspecified atom stereocenters. The molecule has 1 amide bonds. The highest BCUT2D eigenvalue weighted by Crippen LogP contribution is 2.23. The standard InChI is InChI=1S/C11H13F3N2O/c1-7(15)8-4-2-3-5-9(8)16-10(17)6-11(12,13)14/h2-5,7H,6,15H2,1H3,(H,16,17). The molecule has 6 heteroatoms. The number of halogens is 3. The largest absolute Gasteiger partial charge is 0.397 e. The van der Waals surface area contributed by atoms with Crippen LogP contribution >= 0.6 is 0 Å². The lowest BCUT2D eigenvalue weighted by Crippen LogP contribution is -2.22. The highest BCUT2D eigenvalue weighted by atomic mass is 19.4. The Morgan fingerprint density at radius 3 is 2.53 bits per heavy atom. The van der Waals surface area contributed by atoms with Crippen LogP contribution in [0.2, 0.25) is 0 Å². The van der Waals surface area contributed by atoms with Gasteiger partial charge in [0.15, 0.2) is 0 Å². The number of hydrogen-bond acceptors (Lipinski definition) is 2. The number of nitrogens with one attached hydrogen (secondary N) is 1. The topological polar surface area (TPSA) is 55.1 Å². The minimum absolute atomic E-state index is 0.316. The Labute approximate surface area is 96.8 Å². The summed E-state index contributed by atoms with van der Waals surface area (Å²) in [5, 5.41) is 2.21. The summed E-state index contributed by atoms with van der Waals surface area (Å²) in [5.74, 6) is -1.09. The molecule has 1 aromatic carbocycles. The van der Waals surface area contributed by atoms with Crippen LogP contribution < -0.4 is 11.1 Å². The Balaban J connectivity index is 2.78. The van der Waals surface area contributed by atoms with E-state index in [4.69, 9.17) is 5.73 Å². The van der Waals surface area contributed by atoms with Gasteiger partial charge in [0.2, 0.25) is 5.91 Å². The van der Waals surface area contributed by atoms with E-state index in [0.29, 0.717) is 11.3 Å². The number of nitrogens with two attached hydrogens (primary N) is 1. The van der Waals surface area contributed by atoms with E-state index in [1.807, 2.05) is 0 Å². The summed E-state index contributed by atoms with van der Waals surface area (Å²) in [6.07, 6.45) is -6.01. The molecular weight excluding hydrogens is 233 g/mol. The lowest BCUT2D eigenvalue weighted by molar-refractivity contribution is -0.150. The van der Waals surface area contributed by atoms with Gasteiger partial charge in [0.05, 0.1) is 0 Å². The van der Waals surface area contributed by atoms with Gasteiger partial charge in [-0.3, -0.25) is 4.79 Å². The fourth-order valence-electron chi connectivity index (χ4n) is 1.38. The quantitative estimate of drug-likeness (QED) is 0.861. The molecule has 0 bridgehead atoms. The van der Waals surface area contributed by atoms with Crippen LogP contribution in [0.25, 0.3) is 0 Å². The van der Waals surface area contributed by atoms with Crippen molar-refractivity contribution in [2.75, 3.05) is 5.32 Å². The van der Waals surface area contributed by atoms with E-state index in [1.54, 1.807) is 25.1 Å². The number of rotatable bonds is 3. The van der Waals surface area contributed by atoms with Crippen LogP contribution in [0.5, 0.6) is 0 Å². The predicted octanol–water partition coefficient (Wildman–Crippen LogP) is 2.60. The summed E-state index contributed by atoms with van der Waals surface area (Å²) in [6.45, 7) is 1.69. The SMILES string of the molecule is CC(N)c1ccccc1NC(=O)CC(F)(F)F. The van der Waals surface area contributed by atoms with Crippen molar-refractivity contribution in [2.45, 2.75) is 25.6 Å². The number of alkyl halides is 3. The van der Waals surface area contributed by atoms with Gasteiger partial charge in [0, 0.05) is 11.7 Å². The number of carbonyl (C=O) groups excluding carboxylic acids is 1. The van der Waals surface area contributed by atoms with Crippen LogP contribution in [0.3, 0.4) is 0 Å². The van der Waals surface area contributed by atoms with Crippen molar-refractivity contribution in [3.05, 3.63) is 29.8 Å². The van der Waals surface area contributed by atoms with E-state index < -0.39 is 18.5 Å². The fourth-order valence-corrected chi connectivity index (χ4v) is 1.38. The van der Waals surface area contributed by atoms with Crippen molar-refractivity contribution >= 4 is 11.6 Å². The molecule has 94 valence electrons. The first kappa shape index (κ1) is 13.5. The highest BCUT2D eigenvalue weighted by Gasteiger charge is 2.31. The molecule has 0 aromatic heterocycles. The molecule has 17 heavy (non-hydrogen) atoms. The van der Waals surface area contributed by atoms with Gasteiger partial charge in [0.25, 0.3) is 0 Å². The lowest BCUT2D eigenvalue weighted by Gasteiger charge is -2.14. The lowest BCUT2D eigenvalue weighted by atomic mass is 10.1. The Kier molecular flexibility index (Phi) is 4.11. The third-order valence-electron chi connectivity index (χ3n) is 2.09. The van der Waals surface area contributed by atoms with Crippen LogP contribution in [0.15, 0.2) is 24.3 Å². The van der Waals surface area contributed by atoms with Crippen molar-refractivity contribution in [2.24, 2.45) is 5.73 Å². The zero-order valence-electron chi connectivity index (χ0n) is 9.21. The van der Waals surface area contributed by atoms with Crippen molar-refractivity contribution in [3.8, 4) is 0 Å². The maximum Gasteiger partial charge on any atom is 0.397 e. The number of benzene rings is 1. The molecule has 0 heterocycles. The Bertz CT molecular complexity index is 402. The Morgan fingerprint density at radius 2 is 2.00 bits per heavy atom. The number of anilines is 1. The zero-order chi connectivity index (χ0) is 13.1. The highest BCUT2D eigenvalue weighted by molar-refractivity contribution is 5.92. The van der Waals surface area contributed by atoms with Crippen LogP contribution in [0.1, 0.15) is 24.9 Å². The smallest absolute Gasteiger partial charge is 0.325 e. The average molecular weight is 246 g/mol. The van der Waals surface area contributed by atoms with Gasteiger partial charge < -0.3 is 11.1 Å². The second-order valence-electron chi connectivity index (χ2n) is 3.72. The molecule has 3 N–H and O–H groups in total. The molecule has 0 aliphatic heterocycles. The molecule has 0 saturated heterocycles. The van der Waals surface area contributed by atoms with Gasteiger partial charge >= 0.3 is 6.18 Å². The number of amides is 1. The monoisotopic (exact) mass is 246 g/mol. The molecule has 0 radical (unpaired) electrons. The third-order valence-corrected chi connectivity index (χ3v) is 2.09. The third kappa shape index (κ3) is 4.44. The second kappa shape index (κ2) is 5.18. The summed E-state index contributed by atoms with van der Waals surface area (Å²) in [5.41, 5.74) is 6.56. The van der Waals surface area contributed by atoms with Crippen molar-refractivity contribution in [3.63, 3.8) is 0 Å². The van der Waals surface area contributed by atoms with Crippen molar-refractivity contribution in [1.29, 1.82) is 0 Å². The first-order chi connectivity index (χ1) is 7.79. The fraction of sp³-hybridized carbons (Fsp3) is 0.364. The van der Waals surface area contributed by atoms with E-state index in [0.717, 1.165) is 0 Å². The van der Waals surface area contributed by atoms with Gasteiger partial charge in [-0.2, -0.15) is 13.2 Å². The Hall–Kier alpha value is -1.56. The molecule has 3 nitrogen and oxygen atoms in total. The van der Waals surface area contributed by atoms with Gasteiger partial charge in [-0.15, -0.1) is 0 Å². The number of carbonyl (C=O) groups is 1. The summed E-state index contributed by atoms with van der Waals surface area (Å²) in [7, 11) is 0. The molecule has 1 atom stereocenters. The van der Waals surface area contributed by atoms with Crippen LogP contribution in [0.4, 0.5) is 18.9 Å². The van der Waals surface area contributed by atoms with Gasteiger partial charge in [-0.05, 0) is 18.6 Å². The van der Waals surface area contributed by atoms with E-state index in [9.17, 15) is 18.0 Å². The molecule has 0 aliphatic carbocycles. The molecular formula is C11H13F3N2O. The van der Waals surface area contributed by atoms with Gasteiger partial charge in [0.1, 0.15) is 6.42 Å². The molecule has 1 aromatic rings. The normalized spacial score (nSPS) is 13.2. The number of para-hydroxylation sites is 1. The molecule has 1 rings (SSSR count). The maximum absolute atomic E-state index is 12.0. The molecule has 0 aliphatic rings. The molecule has 0 fully saturated rings. The summed E-state index contributed by atoms with van der Waals surface area (Å²) < 4.78 is 35.9. The van der Waals surface area contributed by atoms with Gasteiger partial charge in [-0.25, -0.2) is 0 Å². The molecule has 0 saturated carbocycles. The summed E-state index contributed by atoms with van der Waals surface area (Å²) in [4.78, 5) is 11.1. The van der Waals surface area contributed by atoms with E-state index in [-0.39, 0.29) is 6.04 Å². The Morgan fingerprint density at radius 1 is 1.41 bits per heavy atom. The predicted molar refractivity (Wildman–Crippen MR) is 58.3 cm³/mol. The zero-order valence-corrected chi connectivity index (χ0v) is 9.21. The van der Waals surface area contributed by atoms with Crippen molar-refractivity contribution < 1.29 is 18.0 Å². The maximum atomic E-state index is 12.0. The van der Waals surface area contributed by atoms with E-state index >= 15 is 0 Å². The minimum Gasteiger partial charge on any atom is -0.325 e.